The number of carbonyl (C=O) groups is 1. The molecule has 1 aliphatic rings. The van der Waals surface area contributed by atoms with Crippen molar-refractivity contribution in [2.45, 2.75) is 18.9 Å². The van der Waals surface area contributed by atoms with Crippen LogP contribution in [0.5, 0.6) is 0 Å². The fourth-order valence-electron chi connectivity index (χ4n) is 3.31. The lowest BCUT2D eigenvalue weighted by Crippen LogP contribution is -2.44. The van der Waals surface area contributed by atoms with Gasteiger partial charge in [0.05, 0.1) is 0 Å². The number of nitrogens with zero attached hydrogens (tertiary/aromatic N) is 2. The Morgan fingerprint density at radius 2 is 1.67 bits per heavy atom. The second-order valence-corrected chi connectivity index (χ2v) is 7.51. The molecular weight excluding hydrogens is 361 g/mol. The third-order valence-corrected chi connectivity index (χ3v) is 5.68. The van der Waals surface area contributed by atoms with Gasteiger partial charge in [0.15, 0.2) is 5.13 Å². The van der Waals surface area contributed by atoms with Crippen LogP contribution in [-0.2, 0) is 0 Å². The summed E-state index contributed by atoms with van der Waals surface area (Å²) in [5, 5.41) is 6.17. The summed E-state index contributed by atoms with van der Waals surface area (Å²) < 4.78 is 13.0. The number of carbonyl (C=O) groups excluding carboxylic acids is 1. The second-order valence-electron chi connectivity index (χ2n) is 6.63. The molecule has 1 fully saturated rings. The first-order valence-corrected chi connectivity index (χ1v) is 9.88. The van der Waals surface area contributed by atoms with E-state index in [2.05, 4.69) is 15.2 Å². The molecule has 1 amide bonds. The fourth-order valence-corrected chi connectivity index (χ4v) is 4.01. The number of halogens is 1. The van der Waals surface area contributed by atoms with E-state index < -0.39 is 0 Å². The van der Waals surface area contributed by atoms with Gasteiger partial charge in [-0.3, -0.25) is 4.79 Å². The van der Waals surface area contributed by atoms with E-state index in [-0.39, 0.29) is 17.8 Å². The highest BCUT2D eigenvalue weighted by molar-refractivity contribution is 7.13. The van der Waals surface area contributed by atoms with Gasteiger partial charge in [-0.2, -0.15) is 0 Å². The standard InChI is InChI=1S/C21H20FN3OS/c22-18-7-5-16(6-8-18)15-1-3-17(4-2-15)20(26)24-19-9-12-25(13-10-19)21-23-11-14-27-21/h1-8,11,14,19H,9-10,12-13H2,(H,24,26). The average molecular weight is 381 g/mol. The van der Waals surface area contributed by atoms with Gasteiger partial charge in [0, 0.05) is 36.3 Å². The summed E-state index contributed by atoms with van der Waals surface area (Å²) in [4.78, 5) is 19.1. The Bertz CT molecular complexity index is 886. The van der Waals surface area contributed by atoms with Crippen LogP contribution < -0.4 is 10.2 Å². The molecule has 4 nitrogen and oxygen atoms in total. The Kier molecular flexibility index (Phi) is 5.16. The minimum absolute atomic E-state index is 0.0478. The molecule has 3 aromatic rings. The van der Waals surface area contributed by atoms with Crippen LogP contribution in [-0.4, -0.2) is 30.0 Å². The lowest BCUT2D eigenvalue weighted by Gasteiger charge is -2.32. The van der Waals surface area contributed by atoms with Crippen LogP contribution in [0.25, 0.3) is 11.1 Å². The van der Waals surface area contributed by atoms with Crippen molar-refractivity contribution >= 4 is 22.4 Å². The molecule has 0 bridgehead atoms. The number of benzene rings is 2. The van der Waals surface area contributed by atoms with Crippen LogP contribution in [0.4, 0.5) is 9.52 Å². The molecule has 6 heteroatoms. The Morgan fingerprint density at radius 1 is 1.04 bits per heavy atom. The minimum atomic E-state index is -0.254. The average Bonchev–Trinajstić information content (AvgIpc) is 3.24. The predicted octanol–water partition coefficient (Wildman–Crippen LogP) is 4.35. The highest BCUT2D eigenvalue weighted by atomic mass is 32.1. The number of aromatic nitrogens is 1. The number of rotatable bonds is 4. The SMILES string of the molecule is O=C(NC1CCN(c2nccs2)CC1)c1ccc(-c2ccc(F)cc2)cc1. The van der Waals surface area contributed by atoms with E-state index in [1.807, 2.05) is 35.8 Å². The number of nitrogens with one attached hydrogen (secondary N) is 1. The molecule has 0 spiro atoms. The number of anilines is 1. The van der Waals surface area contributed by atoms with E-state index >= 15 is 0 Å². The largest absolute Gasteiger partial charge is 0.349 e. The maximum absolute atomic E-state index is 13.0. The summed E-state index contributed by atoms with van der Waals surface area (Å²) in [6.45, 7) is 1.81. The molecule has 1 aromatic heterocycles. The van der Waals surface area contributed by atoms with Crippen molar-refractivity contribution in [3.05, 3.63) is 71.5 Å². The molecule has 0 atom stereocenters. The zero-order valence-corrected chi connectivity index (χ0v) is 15.6. The van der Waals surface area contributed by atoms with Gasteiger partial charge in [-0.15, -0.1) is 11.3 Å². The number of hydrogen-bond acceptors (Lipinski definition) is 4. The van der Waals surface area contributed by atoms with Crippen LogP contribution in [0.1, 0.15) is 23.2 Å². The van der Waals surface area contributed by atoms with Crippen molar-refractivity contribution in [1.82, 2.24) is 10.3 Å². The lowest BCUT2D eigenvalue weighted by atomic mass is 10.0. The highest BCUT2D eigenvalue weighted by Gasteiger charge is 2.22. The number of amides is 1. The van der Waals surface area contributed by atoms with Crippen LogP contribution in [0.3, 0.4) is 0 Å². The number of hydrogen-bond donors (Lipinski definition) is 1. The fraction of sp³-hybridized carbons (Fsp3) is 0.238. The van der Waals surface area contributed by atoms with Crippen LogP contribution in [0.15, 0.2) is 60.1 Å². The summed E-state index contributed by atoms with van der Waals surface area (Å²) in [5.41, 5.74) is 2.53. The van der Waals surface area contributed by atoms with Gasteiger partial charge in [-0.25, -0.2) is 9.37 Å². The molecule has 27 heavy (non-hydrogen) atoms. The van der Waals surface area contributed by atoms with E-state index in [1.54, 1.807) is 23.5 Å². The molecule has 1 saturated heterocycles. The van der Waals surface area contributed by atoms with Gasteiger partial charge in [-0.1, -0.05) is 24.3 Å². The second kappa shape index (κ2) is 7.88. The summed E-state index contributed by atoms with van der Waals surface area (Å²) in [5.74, 6) is -0.302. The topological polar surface area (TPSA) is 45.2 Å². The smallest absolute Gasteiger partial charge is 0.251 e. The summed E-state index contributed by atoms with van der Waals surface area (Å²) in [6, 6.07) is 14.0. The maximum atomic E-state index is 13.0. The van der Waals surface area contributed by atoms with Crippen molar-refractivity contribution in [2.75, 3.05) is 18.0 Å². The molecule has 2 aromatic carbocycles. The minimum Gasteiger partial charge on any atom is -0.349 e. The lowest BCUT2D eigenvalue weighted by molar-refractivity contribution is 0.0931. The van der Waals surface area contributed by atoms with Crippen LogP contribution >= 0.6 is 11.3 Å². The van der Waals surface area contributed by atoms with Crippen molar-refractivity contribution in [2.24, 2.45) is 0 Å². The van der Waals surface area contributed by atoms with Gasteiger partial charge in [0.2, 0.25) is 0 Å². The van der Waals surface area contributed by atoms with Crippen molar-refractivity contribution < 1.29 is 9.18 Å². The third-order valence-electron chi connectivity index (χ3n) is 4.84. The quantitative estimate of drug-likeness (QED) is 0.731. The van der Waals surface area contributed by atoms with Gasteiger partial charge in [-0.05, 0) is 48.2 Å². The first-order valence-electron chi connectivity index (χ1n) is 9.00. The molecule has 0 unspecified atom stereocenters. The first kappa shape index (κ1) is 17.7. The summed E-state index contributed by atoms with van der Waals surface area (Å²) in [6.07, 6.45) is 3.65. The van der Waals surface area contributed by atoms with E-state index in [9.17, 15) is 9.18 Å². The van der Waals surface area contributed by atoms with Gasteiger partial charge >= 0.3 is 0 Å². The van der Waals surface area contributed by atoms with Gasteiger partial charge in [0.1, 0.15) is 5.82 Å². The van der Waals surface area contributed by atoms with Crippen molar-refractivity contribution in [3.63, 3.8) is 0 Å². The molecule has 0 radical (unpaired) electrons. The van der Waals surface area contributed by atoms with Crippen molar-refractivity contribution in [3.8, 4) is 11.1 Å². The molecule has 1 aliphatic heterocycles. The Morgan fingerprint density at radius 3 is 2.26 bits per heavy atom. The van der Waals surface area contributed by atoms with Crippen molar-refractivity contribution in [1.29, 1.82) is 0 Å². The molecule has 1 N–H and O–H groups in total. The number of piperidine rings is 1. The first-order chi connectivity index (χ1) is 13.2. The maximum Gasteiger partial charge on any atom is 0.251 e. The normalized spacial score (nSPS) is 14.9. The zero-order valence-electron chi connectivity index (χ0n) is 14.8. The van der Waals surface area contributed by atoms with E-state index in [4.69, 9.17) is 0 Å². The highest BCUT2D eigenvalue weighted by Crippen LogP contribution is 2.23. The zero-order chi connectivity index (χ0) is 18.6. The molecule has 0 aliphatic carbocycles. The summed E-state index contributed by atoms with van der Waals surface area (Å²) >= 11 is 1.65. The van der Waals surface area contributed by atoms with E-state index in [0.717, 1.165) is 42.2 Å². The van der Waals surface area contributed by atoms with E-state index in [0.29, 0.717) is 5.56 Å². The van der Waals surface area contributed by atoms with Gasteiger partial charge in [0.25, 0.3) is 5.91 Å². The Labute approximate surface area is 161 Å². The Balaban J connectivity index is 1.34. The van der Waals surface area contributed by atoms with Gasteiger partial charge < -0.3 is 10.2 Å². The molecule has 4 rings (SSSR count). The van der Waals surface area contributed by atoms with E-state index in [1.165, 1.54) is 12.1 Å². The van der Waals surface area contributed by atoms with Crippen LogP contribution in [0, 0.1) is 5.82 Å². The monoisotopic (exact) mass is 381 g/mol. The third kappa shape index (κ3) is 4.17. The molecule has 0 saturated carbocycles. The molecule has 138 valence electrons. The molecule has 2 heterocycles. The number of thiazole rings is 1. The predicted molar refractivity (Wildman–Crippen MR) is 107 cm³/mol. The van der Waals surface area contributed by atoms with Crippen LogP contribution in [0.2, 0.25) is 0 Å². The Hall–Kier alpha value is -2.73. The summed E-state index contributed by atoms with van der Waals surface area (Å²) in [7, 11) is 0. The molecular formula is C21H20FN3OS.